The minimum Gasteiger partial charge on any atom is -0.435 e. The fourth-order valence-electron chi connectivity index (χ4n) is 7.27. The zero-order valence-electron chi connectivity index (χ0n) is 31.6. The van der Waals surface area contributed by atoms with Crippen molar-refractivity contribution < 1.29 is 18.3 Å². The van der Waals surface area contributed by atoms with Crippen molar-refractivity contribution in [2.75, 3.05) is 0 Å². The molecule has 0 aliphatic rings. The molecular formula is C44H45F2N7O2. The first-order chi connectivity index (χ1) is 26.2. The van der Waals surface area contributed by atoms with E-state index in [0.29, 0.717) is 45.6 Å². The number of nitrogens with zero attached hydrogens (tertiary/aromatic N) is 5. The van der Waals surface area contributed by atoms with Gasteiger partial charge in [-0.15, -0.1) is 0 Å². The number of nitrogens with one attached hydrogen (secondary N) is 1. The molecule has 0 saturated heterocycles. The lowest BCUT2D eigenvalue weighted by Crippen LogP contribution is -2.40. The molecule has 0 saturated carbocycles. The Bertz CT molecular complexity index is 2340. The third kappa shape index (κ3) is 7.57. The van der Waals surface area contributed by atoms with E-state index in [1.807, 2.05) is 105 Å². The predicted octanol–water partition coefficient (Wildman–Crippen LogP) is 8.94. The van der Waals surface area contributed by atoms with E-state index in [9.17, 15) is 13.6 Å². The Kier molecular flexibility index (Phi) is 10.00. The summed E-state index contributed by atoms with van der Waals surface area (Å²) in [4.78, 5) is 24.6. The normalized spacial score (nSPS) is 12.5. The summed E-state index contributed by atoms with van der Waals surface area (Å²) in [6.45, 7) is 7.25. The largest absolute Gasteiger partial charge is 0.435 e. The molecule has 11 heteroatoms. The number of aryl methyl sites for hydroxylation is 1. The highest BCUT2D eigenvalue weighted by molar-refractivity contribution is 6.06. The lowest BCUT2D eigenvalue weighted by atomic mass is 9.76. The van der Waals surface area contributed by atoms with Crippen LogP contribution in [0.3, 0.4) is 0 Å². The van der Waals surface area contributed by atoms with Gasteiger partial charge < -0.3 is 20.4 Å². The van der Waals surface area contributed by atoms with Gasteiger partial charge in [-0.1, -0.05) is 91.0 Å². The van der Waals surface area contributed by atoms with E-state index < -0.39 is 17.7 Å². The van der Waals surface area contributed by atoms with E-state index in [1.54, 1.807) is 18.3 Å². The van der Waals surface area contributed by atoms with Crippen molar-refractivity contribution in [2.24, 2.45) is 5.73 Å². The molecule has 0 fully saturated rings. The maximum absolute atomic E-state index is 14.3. The lowest BCUT2D eigenvalue weighted by molar-refractivity contribution is -0.0497. The minimum atomic E-state index is -3.00. The van der Waals surface area contributed by atoms with Gasteiger partial charge in [-0.3, -0.25) is 9.48 Å². The monoisotopic (exact) mass is 741 g/mol. The standard InChI is InChI=1S/C44H45F2N7O2/c1-42(2,3)50-40(54)34-28-52(44(29-16-9-6-10-17-29,30-18-11-7-12-19-30)31-20-13-8-14-21-31)39-38(34)49-35(27-48-39)37-33-26-32(55-41(45)46)22-23-36(33)53(51-37)25-15-24-43(4,5)47/h6-14,16-23,26-28,41H,15,24-25,47H2,1-5H3,(H,50,54). The number of halogens is 2. The topological polar surface area (TPSA) is 113 Å². The second-order valence-electron chi connectivity index (χ2n) is 15.6. The third-order valence-electron chi connectivity index (χ3n) is 9.54. The average molecular weight is 742 g/mol. The highest BCUT2D eigenvalue weighted by Gasteiger charge is 2.41. The zero-order chi connectivity index (χ0) is 39.0. The van der Waals surface area contributed by atoms with Gasteiger partial charge >= 0.3 is 6.61 Å². The number of aromatic nitrogens is 5. The molecule has 3 aromatic heterocycles. The van der Waals surface area contributed by atoms with Crippen LogP contribution in [-0.4, -0.2) is 47.9 Å². The maximum atomic E-state index is 14.3. The number of carbonyl (C=O) groups excluding carboxylic acids is 1. The van der Waals surface area contributed by atoms with Crippen LogP contribution in [0.5, 0.6) is 5.75 Å². The van der Waals surface area contributed by atoms with E-state index in [-0.39, 0.29) is 17.2 Å². The molecule has 282 valence electrons. The molecule has 4 aromatic carbocycles. The Morgan fingerprint density at radius 3 is 1.96 bits per heavy atom. The Morgan fingerprint density at radius 1 is 0.855 bits per heavy atom. The molecule has 1 amide bonds. The molecule has 0 aliphatic carbocycles. The maximum Gasteiger partial charge on any atom is 0.387 e. The van der Waals surface area contributed by atoms with Gasteiger partial charge in [0.1, 0.15) is 28.2 Å². The first-order valence-corrected chi connectivity index (χ1v) is 18.4. The van der Waals surface area contributed by atoms with Crippen LogP contribution in [0, 0.1) is 0 Å². The van der Waals surface area contributed by atoms with Crippen LogP contribution in [0.15, 0.2) is 122 Å². The molecule has 0 aliphatic heterocycles. The van der Waals surface area contributed by atoms with Crippen molar-refractivity contribution in [1.82, 2.24) is 29.6 Å². The minimum absolute atomic E-state index is 0.00445. The molecule has 0 atom stereocenters. The van der Waals surface area contributed by atoms with Crippen LogP contribution in [0.4, 0.5) is 8.78 Å². The summed E-state index contributed by atoms with van der Waals surface area (Å²) in [5, 5.41) is 8.65. The molecule has 0 unspecified atom stereocenters. The van der Waals surface area contributed by atoms with Crippen molar-refractivity contribution in [2.45, 2.75) is 77.2 Å². The molecule has 3 heterocycles. The fourth-order valence-corrected chi connectivity index (χ4v) is 7.27. The van der Waals surface area contributed by atoms with Crippen molar-refractivity contribution in [3.05, 3.63) is 144 Å². The van der Waals surface area contributed by atoms with Gasteiger partial charge in [0.25, 0.3) is 5.91 Å². The Hall–Kier alpha value is -5.94. The molecular weight excluding hydrogens is 697 g/mol. The van der Waals surface area contributed by atoms with Crippen LogP contribution in [0.1, 0.15) is 74.5 Å². The average Bonchev–Trinajstić information content (AvgIpc) is 3.70. The summed E-state index contributed by atoms with van der Waals surface area (Å²) in [6.07, 6.45) is 4.95. The van der Waals surface area contributed by atoms with Gasteiger partial charge in [-0.2, -0.15) is 13.9 Å². The summed E-state index contributed by atoms with van der Waals surface area (Å²) in [6, 6.07) is 35.2. The van der Waals surface area contributed by atoms with Crippen LogP contribution < -0.4 is 15.8 Å². The molecule has 55 heavy (non-hydrogen) atoms. The first-order valence-electron chi connectivity index (χ1n) is 18.4. The summed E-state index contributed by atoms with van der Waals surface area (Å²) < 4.78 is 35.5. The van der Waals surface area contributed by atoms with E-state index >= 15 is 0 Å². The van der Waals surface area contributed by atoms with Crippen LogP contribution >= 0.6 is 0 Å². The van der Waals surface area contributed by atoms with Crippen molar-refractivity contribution >= 4 is 28.0 Å². The zero-order valence-corrected chi connectivity index (χ0v) is 31.6. The van der Waals surface area contributed by atoms with Gasteiger partial charge in [-0.05, 0) is 82.3 Å². The summed E-state index contributed by atoms with van der Waals surface area (Å²) >= 11 is 0. The highest BCUT2D eigenvalue weighted by Crippen LogP contribution is 2.43. The van der Waals surface area contributed by atoms with Crippen LogP contribution in [0.25, 0.3) is 33.5 Å². The van der Waals surface area contributed by atoms with Gasteiger partial charge in [0.05, 0.1) is 17.3 Å². The van der Waals surface area contributed by atoms with E-state index in [2.05, 4.69) is 41.7 Å². The number of ether oxygens (including phenoxy) is 1. The summed E-state index contributed by atoms with van der Waals surface area (Å²) in [5.74, 6) is -0.326. The molecule has 3 N–H and O–H groups in total. The Balaban J connectivity index is 1.51. The summed E-state index contributed by atoms with van der Waals surface area (Å²) in [7, 11) is 0. The van der Waals surface area contributed by atoms with Crippen molar-refractivity contribution in [1.29, 1.82) is 0 Å². The molecule has 0 radical (unpaired) electrons. The molecule has 7 aromatic rings. The van der Waals surface area contributed by atoms with Gasteiger partial charge in [0.2, 0.25) is 0 Å². The number of alkyl halides is 2. The fraction of sp³-hybridized carbons (Fsp3) is 0.273. The van der Waals surface area contributed by atoms with Gasteiger partial charge in [-0.25, -0.2) is 9.97 Å². The Labute approximate surface area is 319 Å². The second-order valence-corrected chi connectivity index (χ2v) is 15.6. The lowest BCUT2D eigenvalue weighted by Gasteiger charge is -2.38. The SMILES string of the molecule is CC(C)(N)CCCn1nc(-c2cnc3c(n2)c(C(=O)NC(C)(C)C)cn3C(c2ccccc2)(c2ccccc2)c2ccccc2)c2cc(OC(F)F)ccc21. The molecule has 0 spiro atoms. The van der Waals surface area contributed by atoms with Crippen LogP contribution in [0.2, 0.25) is 0 Å². The van der Waals surface area contributed by atoms with Crippen molar-refractivity contribution in [3.8, 4) is 17.1 Å². The number of benzene rings is 4. The molecule has 0 bridgehead atoms. The van der Waals surface area contributed by atoms with E-state index in [1.165, 1.54) is 6.07 Å². The number of hydrogen-bond donors (Lipinski definition) is 2. The number of hydrogen-bond acceptors (Lipinski definition) is 6. The van der Waals surface area contributed by atoms with E-state index in [4.69, 9.17) is 25.5 Å². The highest BCUT2D eigenvalue weighted by atomic mass is 19.3. The number of fused-ring (bicyclic) bond motifs is 2. The molecule has 9 nitrogen and oxygen atoms in total. The number of amides is 1. The number of rotatable bonds is 12. The van der Waals surface area contributed by atoms with Crippen molar-refractivity contribution in [3.63, 3.8) is 0 Å². The third-order valence-corrected chi connectivity index (χ3v) is 9.54. The van der Waals surface area contributed by atoms with Gasteiger partial charge in [0.15, 0.2) is 5.65 Å². The number of nitrogens with two attached hydrogens (primary N) is 1. The second kappa shape index (κ2) is 14.7. The number of carbonyl (C=O) groups is 1. The van der Waals surface area contributed by atoms with E-state index in [0.717, 1.165) is 29.5 Å². The quantitative estimate of drug-likeness (QED) is 0.121. The molecule has 7 rings (SSSR count). The summed E-state index contributed by atoms with van der Waals surface area (Å²) in [5.41, 5.74) is 9.89. The Morgan fingerprint density at radius 2 is 1.44 bits per heavy atom. The smallest absolute Gasteiger partial charge is 0.387 e. The predicted molar refractivity (Wildman–Crippen MR) is 212 cm³/mol. The van der Waals surface area contributed by atoms with Gasteiger partial charge in [0, 0.05) is 29.2 Å². The first kappa shape index (κ1) is 37.4. The van der Waals surface area contributed by atoms with Crippen LogP contribution in [-0.2, 0) is 12.1 Å².